The monoisotopic (exact) mass is 365 g/mol. The molecule has 1 nitrogen and oxygen atoms in total. The van der Waals surface area contributed by atoms with E-state index in [1.807, 2.05) is 18.2 Å². The Morgan fingerprint density at radius 3 is 2.24 bits per heavy atom. The molecule has 2 N–H and O–H groups in total. The van der Waals surface area contributed by atoms with Crippen molar-refractivity contribution in [2.75, 3.05) is 0 Å². The standard InChI is InChI=1S/C18H21BrClN/c1-18(2,3)14-7-4-12(5-8-14)17(21)10-13-6-9-15(19)11-16(13)20/h4-9,11,17H,10,21H2,1-3H3. The minimum Gasteiger partial charge on any atom is -0.324 e. The Bertz CT molecular complexity index is 614. The van der Waals surface area contributed by atoms with Gasteiger partial charge in [-0.15, -0.1) is 0 Å². The van der Waals surface area contributed by atoms with Crippen LogP contribution < -0.4 is 5.73 Å². The van der Waals surface area contributed by atoms with Gasteiger partial charge in [-0.05, 0) is 40.7 Å². The summed E-state index contributed by atoms with van der Waals surface area (Å²) in [5.41, 5.74) is 10.0. The van der Waals surface area contributed by atoms with Gasteiger partial charge in [0.15, 0.2) is 0 Å². The Morgan fingerprint density at radius 2 is 1.71 bits per heavy atom. The van der Waals surface area contributed by atoms with Gasteiger partial charge in [0.05, 0.1) is 0 Å². The fraction of sp³-hybridized carbons (Fsp3) is 0.333. The zero-order valence-corrected chi connectivity index (χ0v) is 15.0. The van der Waals surface area contributed by atoms with Crippen LogP contribution in [0.2, 0.25) is 5.02 Å². The van der Waals surface area contributed by atoms with Crippen molar-refractivity contribution in [2.24, 2.45) is 5.73 Å². The van der Waals surface area contributed by atoms with Gasteiger partial charge in [0, 0.05) is 15.5 Å². The van der Waals surface area contributed by atoms with Crippen molar-refractivity contribution < 1.29 is 0 Å². The molecule has 2 aromatic rings. The molecule has 21 heavy (non-hydrogen) atoms. The summed E-state index contributed by atoms with van der Waals surface area (Å²) in [6, 6.07) is 14.5. The third-order valence-electron chi connectivity index (χ3n) is 3.66. The minimum absolute atomic E-state index is 0.0438. The van der Waals surface area contributed by atoms with Gasteiger partial charge in [-0.25, -0.2) is 0 Å². The van der Waals surface area contributed by atoms with Gasteiger partial charge in [-0.1, -0.05) is 78.6 Å². The molecule has 1 atom stereocenters. The van der Waals surface area contributed by atoms with Crippen molar-refractivity contribution in [1.82, 2.24) is 0 Å². The maximum Gasteiger partial charge on any atom is 0.0449 e. The van der Waals surface area contributed by atoms with Gasteiger partial charge in [0.1, 0.15) is 0 Å². The summed E-state index contributed by atoms with van der Waals surface area (Å²) in [4.78, 5) is 0. The Balaban J connectivity index is 2.15. The molecule has 1 unspecified atom stereocenters. The van der Waals surface area contributed by atoms with Crippen LogP contribution in [-0.2, 0) is 11.8 Å². The van der Waals surface area contributed by atoms with Crippen LogP contribution in [0.1, 0.15) is 43.5 Å². The highest BCUT2D eigenvalue weighted by atomic mass is 79.9. The van der Waals surface area contributed by atoms with Gasteiger partial charge >= 0.3 is 0 Å². The molecule has 0 aliphatic rings. The summed E-state index contributed by atoms with van der Waals surface area (Å²) in [7, 11) is 0. The fourth-order valence-corrected chi connectivity index (χ4v) is 3.02. The second kappa shape index (κ2) is 6.51. The molecule has 0 amide bonds. The van der Waals surface area contributed by atoms with Crippen LogP contribution in [0.3, 0.4) is 0 Å². The molecule has 0 aliphatic heterocycles. The highest BCUT2D eigenvalue weighted by molar-refractivity contribution is 9.10. The minimum atomic E-state index is -0.0438. The predicted molar refractivity (Wildman–Crippen MR) is 94.9 cm³/mol. The number of hydrogen-bond acceptors (Lipinski definition) is 1. The van der Waals surface area contributed by atoms with Crippen LogP contribution in [-0.4, -0.2) is 0 Å². The Hall–Kier alpha value is -0.830. The zero-order valence-electron chi connectivity index (χ0n) is 12.7. The molecule has 0 saturated carbocycles. The van der Waals surface area contributed by atoms with Crippen molar-refractivity contribution >= 4 is 27.5 Å². The molecule has 0 spiro atoms. The average Bonchev–Trinajstić information content (AvgIpc) is 2.41. The normalized spacial score (nSPS) is 13.2. The van der Waals surface area contributed by atoms with E-state index in [1.165, 1.54) is 5.56 Å². The summed E-state index contributed by atoms with van der Waals surface area (Å²) in [6.07, 6.45) is 0.737. The lowest BCUT2D eigenvalue weighted by molar-refractivity contribution is 0.589. The van der Waals surface area contributed by atoms with E-state index in [-0.39, 0.29) is 11.5 Å². The zero-order chi connectivity index (χ0) is 15.6. The van der Waals surface area contributed by atoms with Crippen LogP contribution in [0.25, 0.3) is 0 Å². The lowest BCUT2D eigenvalue weighted by atomic mass is 9.86. The first-order chi connectivity index (χ1) is 9.77. The van der Waals surface area contributed by atoms with Gasteiger partial charge in [-0.3, -0.25) is 0 Å². The fourth-order valence-electron chi connectivity index (χ4n) is 2.27. The van der Waals surface area contributed by atoms with Gasteiger partial charge < -0.3 is 5.73 Å². The van der Waals surface area contributed by atoms with Crippen molar-refractivity contribution in [2.45, 2.75) is 38.6 Å². The van der Waals surface area contributed by atoms with E-state index >= 15 is 0 Å². The molecule has 2 aromatic carbocycles. The summed E-state index contributed by atoms with van der Waals surface area (Å²) >= 11 is 9.68. The summed E-state index contributed by atoms with van der Waals surface area (Å²) < 4.78 is 0.986. The highest BCUT2D eigenvalue weighted by Gasteiger charge is 2.15. The van der Waals surface area contributed by atoms with E-state index in [9.17, 15) is 0 Å². The maximum atomic E-state index is 6.32. The number of halogens is 2. The third kappa shape index (κ3) is 4.32. The van der Waals surface area contributed by atoms with E-state index in [2.05, 4.69) is 61.0 Å². The van der Waals surface area contributed by atoms with Gasteiger partial charge in [0.25, 0.3) is 0 Å². The summed E-state index contributed by atoms with van der Waals surface area (Å²) in [5, 5.41) is 0.756. The van der Waals surface area contributed by atoms with Gasteiger partial charge in [-0.2, -0.15) is 0 Å². The number of rotatable bonds is 3. The molecular formula is C18H21BrClN. The maximum absolute atomic E-state index is 6.32. The first-order valence-corrected chi connectivity index (χ1v) is 8.24. The molecule has 0 radical (unpaired) electrons. The molecule has 0 aliphatic carbocycles. The molecule has 0 bridgehead atoms. The second-order valence-corrected chi connectivity index (χ2v) is 7.74. The average molecular weight is 367 g/mol. The number of nitrogens with two attached hydrogens (primary N) is 1. The molecule has 0 aromatic heterocycles. The van der Waals surface area contributed by atoms with E-state index in [0.29, 0.717) is 0 Å². The molecule has 112 valence electrons. The van der Waals surface area contributed by atoms with E-state index in [4.69, 9.17) is 17.3 Å². The molecular weight excluding hydrogens is 346 g/mol. The molecule has 0 saturated heterocycles. The third-order valence-corrected chi connectivity index (χ3v) is 4.50. The first-order valence-electron chi connectivity index (χ1n) is 7.07. The van der Waals surface area contributed by atoms with Crippen molar-refractivity contribution in [3.05, 3.63) is 68.7 Å². The van der Waals surface area contributed by atoms with E-state index < -0.39 is 0 Å². The molecule has 0 heterocycles. The lowest BCUT2D eigenvalue weighted by Crippen LogP contribution is -2.15. The smallest absolute Gasteiger partial charge is 0.0449 e. The van der Waals surface area contributed by atoms with Gasteiger partial charge in [0.2, 0.25) is 0 Å². The topological polar surface area (TPSA) is 26.0 Å². The van der Waals surface area contributed by atoms with Crippen LogP contribution in [0.5, 0.6) is 0 Å². The van der Waals surface area contributed by atoms with Crippen LogP contribution in [0, 0.1) is 0 Å². The first kappa shape index (κ1) is 16.5. The van der Waals surface area contributed by atoms with Crippen molar-refractivity contribution in [3.63, 3.8) is 0 Å². The Kier molecular flexibility index (Phi) is 5.13. The summed E-state index contributed by atoms with van der Waals surface area (Å²) in [6.45, 7) is 6.64. The SMILES string of the molecule is CC(C)(C)c1ccc(C(N)Cc2ccc(Br)cc2Cl)cc1. The molecule has 3 heteroatoms. The Labute approximate surface area is 140 Å². The second-order valence-electron chi connectivity index (χ2n) is 6.42. The van der Waals surface area contributed by atoms with Crippen LogP contribution in [0.4, 0.5) is 0 Å². The van der Waals surface area contributed by atoms with Crippen molar-refractivity contribution in [3.8, 4) is 0 Å². The lowest BCUT2D eigenvalue weighted by Gasteiger charge is -2.20. The predicted octanol–water partition coefficient (Wildman–Crippen LogP) is 5.64. The van der Waals surface area contributed by atoms with E-state index in [0.717, 1.165) is 27.0 Å². The molecule has 0 fully saturated rings. The van der Waals surface area contributed by atoms with Crippen molar-refractivity contribution in [1.29, 1.82) is 0 Å². The summed E-state index contributed by atoms with van der Waals surface area (Å²) in [5.74, 6) is 0. The highest BCUT2D eigenvalue weighted by Crippen LogP contribution is 2.27. The van der Waals surface area contributed by atoms with Crippen LogP contribution in [0.15, 0.2) is 46.9 Å². The van der Waals surface area contributed by atoms with Crippen LogP contribution >= 0.6 is 27.5 Å². The number of benzene rings is 2. The molecule has 2 rings (SSSR count). The number of hydrogen-bond donors (Lipinski definition) is 1. The largest absolute Gasteiger partial charge is 0.324 e. The van der Waals surface area contributed by atoms with E-state index in [1.54, 1.807) is 0 Å². The quantitative estimate of drug-likeness (QED) is 0.747. The Morgan fingerprint density at radius 1 is 1.10 bits per heavy atom.